The van der Waals surface area contributed by atoms with Crippen LogP contribution in [0.2, 0.25) is 0 Å². The van der Waals surface area contributed by atoms with Crippen molar-refractivity contribution in [2.75, 3.05) is 5.75 Å². The second-order valence-electron chi connectivity index (χ2n) is 5.62. The minimum Gasteiger partial charge on any atom is -0.299 e. The van der Waals surface area contributed by atoms with E-state index in [-0.39, 0.29) is 11.3 Å². The van der Waals surface area contributed by atoms with Crippen molar-refractivity contribution in [3.8, 4) is 0 Å². The first-order valence-electron chi connectivity index (χ1n) is 9.41. The molecule has 0 amide bonds. The van der Waals surface area contributed by atoms with Gasteiger partial charge >= 0.3 is 0 Å². The van der Waals surface area contributed by atoms with Gasteiger partial charge < -0.3 is 0 Å². The van der Waals surface area contributed by atoms with E-state index in [1.54, 1.807) is 16.7 Å². The fraction of sp³-hybridized carbons (Fsp3) is 0.409. The monoisotopic (exact) mass is 420 g/mol. The quantitative estimate of drug-likeness (QED) is 0.297. The molecule has 2 aromatic heterocycles. The Kier molecular flexibility index (Phi) is 13.2. The summed E-state index contributed by atoms with van der Waals surface area (Å²) in [6.07, 6.45) is 6.51. The molecule has 0 aliphatic heterocycles. The second-order valence-corrected chi connectivity index (χ2v) is 7.60. The van der Waals surface area contributed by atoms with E-state index in [2.05, 4.69) is 31.1 Å². The zero-order valence-corrected chi connectivity index (χ0v) is 19.5. The molecule has 0 N–H and O–H groups in total. The van der Waals surface area contributed by atoms with Crippen LogP contribution in [0.3, 0.4) is 0 Å². The summed E-state index contributed by atoms with van der Waals surface area (Å²) in [7, 11) is 0. The number of carbonyl (C=O) groups excluding carboxylic acids is 1. The summed E-state index contributed by atoms with van der Waals surface area (Å²) in [5, 5.41) is 1.20. The summed E-state index contributed by atoms with van der Waals surface area (Å²) in [6, 6.07) is 1.91. The van der Waals surface area contributed by atoms with E-state index >= 15 is 0 Å². The van der Waals surface area contributed by atoms with Crippen molar-refractivity contribution in [3.05, 3.63) is 52.7 Å². The molecule has 0 aliphatic rings. The Morgan fingerprint density at radius 2 is 1.93 bits per heavy atom. The molecule has 2 heterocycles. The molecule has 0 unspecified atom stereocenters. The molecule has 4 nitrogen and oxygen atoms in total. The molecule has 0 saturated heterocycles. The van der Waals surface area contributed by atoms with Crippen molar-refractivity contribution < 1.29 is 4.79 Å². The first kappa shape index (κ1) is 26.1. The van der Waals surface area contributed by atoms with Gasteiger partial charge in [0.25, 0.3) is 5.56 Å². The highest BCUT2D eigenvalue weighted by Gasteiger charge is 2.15. The van der Waals surface area contributed by atoms with E-state index in [1.165, 1.54) is 30.0 Å². The molecule has 0 aromatic carbocycles. The minimum absolute atomic E-state index is 0.0584. The van der Waals surface area contributed by atoms with Gasteiger partial charge in [0.15, 0.2) is 5.16 Å². The van der Waals surface area contributed by atoms with Crippen LogP contribution in [0.5, 0.6) is 0 Å². The van der Waals surface area contributed by atoms with Gasteiger partial charge in [0.2, 0.25) is 0 Å². The molecule has 28 heavy (non-hydrogen) atoms. The second kappa shape index (κ2) is 14.1. The van der Waals surface area contributed by atoms with E-state index in [0.717, 1.165) is 21.7 Å². The van der Waals surface area contributed by atoms with Gasteiger partial charge in [0.1, 0.15) is 10.6 Å². The van der Waals surface area contributed by atoms with Crippen molar-refractivity contribution in [2.24, 2.45) is 0 Å². The number of thioether (sulfide) groups is 1. The SMILES string of the molecule is C=CC.C=CCn1c(SCC(C)=O)nc2sc(/C(C)=C/CC)cc2c1=O.CC. The van der Waals surface area contributed by atoms with Gasteiger partial charge in [0.05, 0.1) is 11.1 Å². The Balaban J connectivity index is 0.00000133. The molecule has 154 valence electrons. The van der Waals surface area contributed by atoms with Crippen molar-refractivity contribution in [2.45, 2.75) is 59.7 Å². The molecule has 0 spiro atoms. The third-order valence-corrected chi connectivity index (χ3v) is 5.52. The largest absolute Gasteiger partial charge is 0.299 e. The molecule has 2 aromatic rings. The normalized spacial score (nSPS) is 10.4. The molecular weight excluding hydrogens is 388 g/mol. The fourth-order valence-electron chi connectivity index (χ4n) is 2.16. The molecular formula is C22H32N2O2S2. The molecule has 0 aliphatic carbocycles. The van der Waals surface area contributed by atoms with Crippen LogP contribution in [0.25, 0.3) is 15.8 Å². The van der Waals surface area contributed by atoms with Gasteiger partial charge in [-0.05, 0) is 38.8 Å². The van der Waals surface area contributed by atoms with Crippen molar-refractivity contribution in [1.82, 2.24) is 9.55 Å². The van der Waals surface area contributed by atoms with Crippen molar-refractivity contribution >= 4 is 44.7 Å². The smallest absolute Gasteiger partial charge is 0.263 e. The molecule has 0 radical (unpaired) electrons. The Hall–Kier alpha value is -1.92. The van der Waals surface area contributed by atoms with Crippen LogP contribution < -0.4 is 5.56 Å². The molecule has 0 bridgehead atoms. The van der Waals surface area contributed by atoms with Crippen molar-refractivity contribution in [1.29, 1.82) is 0 Å². The topological polar surface area (TPSA) is 52.0 Å². The van der Waals surface area contributed by atoms with Gasteiger partial charge in [-0.15, -0.1) is 24.5 Å². The maximum absolute atomic E-state index is 12.7. The first-order valence-corrected chi connectivity index (χ1v) is 11.2. The van der Waals surface area contributed by atoms with Gasteiger partial charge in [-0.25, -0.2) is 4.98 Å². The summed E-state index contributed by atoms with van der Waals surface area (Å²) in [6.45, 7) is 19.0. The van der Waals surface area contributed by atoms with Crippen LogP contribution in [0.4, 0.5) is 0 Å². The molecule has 0 fully saturated rings. The standard InChI is InChI=1S/C17H20N2O2S2.C3H6.C2H6/c1-5-7-11(3)14-9-13-15(23-14)18-17(22-10-12(4)20)19(8-6-2)16(13)21;1-3-2;1-2/h6-7,9H,2,5,8,10H2,1,3-4H3;3H,1H2,2H3;1-2H3/b11-7+;;. The number of allylic oxidation sites excluding steroid dienone is 4. The Morgan fingerprint density at radius 1 is 1.32 bits per heavy atom. The van der Waals surface area contributed by atoms with Gasteiger partial charge in [-0.2, -0.15) is 0 Å². The lowest BCUT2D eigenvalue weighted by molar-refractivity contribution is -0.114. The number of fused-ring (bicyclic) bond motifs is 1. The number of thiophene rings is 1. The van der Waals surface area contributed by atoms with Crippen LogP contribution in [-0.4, -0.2) is 21.1 Å². The summed E-state index contributed by atoms with van der Waals surface area (Å²) in [4.78, 5) is 30.4. The molecule has 0 atom stereocenters. The molecule has 6 heteroatoms. The number of hydrogen-bond donors (Lipinski definition) is 0. The van der Waals surface area contributed by atoms with Crippen LogP contribution in [-0.2, 0) is 11.3 Å². The summed E-state index contributed by atoms with van der Waals surface area (Å²) >= 11 is 2.82. The minimum atomic E-state index is -0.0762. The number of aromatic nitrogens is 2. The molecule has 0 saturated carbocycles. The average molecular weight is 421 g/mol. The molecule has 2 rings (SSSR count). The maximum atomic E-state index is 12.7. The highest BCUT2D eigenvalue weighted by Crippen LogP contribution is 2.29. The zero-order valence-electron chi connectivity index (χ0n) is 17.9. The van der Waals surface area contributed by atoms with Crippen molar-refractivity contribution in [3.63, 3.8) is 0 Å². The Bertz CT molecular complexity index is 877. The number of rotatable bonds is 7. The lowest BCUT2D eigenvalue weighted by Crippen LogP contribution is -2.22. The van der Waals surface area contributed by atoms with E-state index in [1.807, 2.05) is 33.8 Å². The number of hydrogen-bond acceptors (Lipinski definition) is 5. The highest BCUT2D eigenvalue weighted by molar-refractivity contribution is 7.99. The highest BCUT2D eigenvalue weighted by atomic mass is 32.2. The number of nitrogens with zero attached hydrogens (tertiary/aromatic N) is 2. The van der Waals surface area contributed by atoms with E-state index in [9.17, 15) is 9.59 Å². The fourth-order valence-corrected chi connectivity index (χ4v) is 4.04. The van der Waals surface area contributed by atoms with Gasteiger partial charge in [0, 0.05) is 11.4 Å². The maximum Gasteiger partial charge on any atom is 0.263 e. The zero-order chi connectivity index (χ0) is 21.7. The number of ketones is 1. The Morgan fingerprint density at radius 3 is 2.43 bits per heavy atom. The lowest BCUT2D eigenvalue weighted by Gasteiger charge is -2.08. The summed E-state index contributed by atoms with van der Waals surface area (Å²) in [5.74, 6) is 0.366. The predicted octanol–water partition coefficient (Wildman–Crippen LogP) is 6.36. The van der Waals surface area contributed by atoms with E-state index < -0.39 is 0 Å². The van der Waals surface area contributed by atoms with Crippen LogP contribution in [0, 0.1) is 0 Å². The Labute approximate surface area is 177 Å². The van der Waals surface area contributed by atoms with Gasteiger partial charge in [-0.3, -0.25) is 14.2 Å². The van der Waals surface area contributed by atoms with Gasteiger partial charge in [-0.1, -0.05) is 50.8 Å². The number of Topliss-reactive ketones (excluding diaryl/α,β-unsaturated/α-hetero) is 1. The third kappa shape index (κ3) is 7.60. The third-order valence-electron chi connectivity index (χ3n) is 3.23. The van der Waals surface area contributed by atoms with E-state index in [0.29, 0.717) is 22.8 Å². The lowest BCUT2D eigenvalue weighted by atomic mass is 10.2. The van der Waals surface area contributed by atoms with Crippen LogP contribution in [0.15, 0.2) is 47.4 Å². The average Bonchev–Trinajstić information content (AvgIpc) is 3.10. The number of carbonyl (C=O) groups is 1. The van der Waals surface area contributed by atoms with Crippen LogP contribution >= 0.6 is 23.1 Å². The van der Waals surface area contributed by atoms with Crippen LogP contribution in [0.1, 0.15) is 52.8 Å². The predicted molar refractivity (Wildman–Crippen MR) is 127 cm³/mol. The summed E-state index contributed by atoms with van der Waals surface area (Å²) < 4.78 is 1.58. The van der Waals surface area contributed by atoms with E-state index in [4.69, 9.17) is 0 Å². The summed E-state index contributed by atoms with van der Waals surface area (Å²) in [5.41, 5.74) is 1.08. The first-order chi connectivity index (χ1) is 13.4.